The van der Waals surface area contributed by atoms with E-state index >= 15 is 0 Å². The molecule has 1 unspecified atom stereocenters. The summed E-state index contributed by atoms with van der Waals surface area (Å²) in [5, 5.41) is 11.0. The first-order chi connectivity index (χ1) is 7.50. The van der Waals surface area contributed by atoms with Crippen molar-refractivity contribution in [3.63, 3.8) is 0 Å². The number of nitrogens with one attached hydrogen (secondary N) is 1. The molecule has 1 rings (SSSR count). The van der Waals surface area contributed by atoms with Gasteiger partial charge in [-0.15, -0.1) is 0 Å². The minimum absolute atomic E-state index is 0.232. The lowest BCUT2D eigenvalue weighted by Gasteiger charge is -2.09. The Morgan fingerprint density at radius 2 is 2.38 bits per heavy atom. The normalized spacial score (nSPS) is 12.1. The van der Waals surface area contributed by atoms with E-state index in [-0.39, 0.29) is 13.0 Å². The average Bonchev–Trinajstić information content (AvgIpc) is 2.59. The minimum Gasteiger partial charge on any atom is -0.481 e. The van der Waals surface area contributed by atoms with Crippen LogP contribution in [0.25, 0.3) is 0 Å². The Balaban J connectivity index is 2.41. The monoisotopic (exact) mass is 226 g/mol. The predicted molar refractivity (Wildman–Crippen MR) is 55.3 cm³/mol. The third-order valence-electron chi connectivity index (χ3n) is 2.07. The maximum atomic E-state index is 11.3. The lowest BCUT2D eigenvalue weighted by molar-refractivity contribution is -0.139. The van der Waals surface area contributed by atoms with Gasteiger partial charge in [0.2, 0.25) is 5.91 Å². The van der Waals surface area contributed by atoms with Gasteiger partial charge in [0, 0.05) is 19.4 Å². The van der Waals surface area contributed by atoms with Gasteiger partial charge in [-0.1, -0.05) is 0 Å². The number of aryl methyl sites for hydroxylation is 1. The standard InChI is InChI=1S/C9H14N4O3/c1-13-3-2-11-7(13)5-12-9(16)6(10)4-8(14)15/h2-3,6H,4-5,10H2,1H3,(H,12,16)(H,14,15). The molecule has 7 heteroatoms. The van der Waals surface area contributed by atoms with Crippen molar-refractivity contribution in [2.75, 3.05) is 0 Å². The molecule has 16 heavy (non-hydrogen) atoms. The Bertz CT molecular complexity index is 388. The van der Waals surface area contributed by atoms with E-state index in [0.29, 0.717) is 5.82 Å². The van der Waals surface area contributed by atoms with Crippen molar-refractivity contribution in [1.82, 2.24) is 14.9 Å². The van der Waals surface area contributed by atoms with Crippen LogP contribution in [0.15, 0.2) is 12.4 Å². The third-order valence-corrected chi connectivity index (χ3v) is 2.07. The van der Waals surface area contributed by atoms with Gasteiger partial charge >= 0.3 is 5.97 Å². The van der Waals surface area contributed by atoms with Crippen LogP contribution in [0.5, 0.6) is 0 Å². The van der Waals surface area contributed by atoms with Gasteiger partial charge in [-0.3, -0.25) is 9.59 Å². The molecule has 1 amide bonds. The number of aliphatic carboxylic acids is 1. The molecule has 0 saturated heterocycles. The molecule has 0 aliphatic carbocycles. The fourth-order valence-electron chi connectivity index (χ4n) is 1.14. The van der Waals surface area contributed by atoms with Gasteiger partial charge < -0.3 is 20.7 Å². The van der Waals surface area contributed by atoms with E-state index in [0.717, 1.165) is 0 Å². The van der Waals surface area contributed by atoms with Crippen LogP contribution in [0.4, 0.5) is 0 Å². The van der Waals surface area contributed by atoms with E-state index in [2.05, 4.69) is 10.3 Å². The molecule has 0 spiro atoms. The minimum atomic E-state index is -1.10. The smallest absolute Gasteiger partial charge is 0.305 e. The predicted octanol–water partition coefficient (Wildman–Crippen LogP) is -1.16. The van der Waals surface area contributed by atoms with Crippen molar-refractivity contribution >= 4 is 11.9 Å². The quantitative estimate of drug-likeness (QED) is 0.586. The lowest BCUT2D eigenvalue weighted by Crippen LogP contribution is -2.41. The van der Waals surface area contributed by atoms with E-state index in [1.807, 2.05) is 0 Å². The van der Waals surface area contributed by atoms with Crippen LogP contribution >= 0.6 is 0 Å². The number of hydrogen-bond donors (Lipinski definition) is 3. The molecule has 0 fully saturated rings. The molecular formula is C9H14N4O3. The summed E-state index contributed by atoms with van der Waals surface area (Å²) in [6.07, 6.45) is 2.98. The highest BCUT2D eigenvalue weighted by atomic mass is 16.4. The van der Waals surface area contributed by atoms with Gasteiger partial charge in [0.25, 0.3) is 0 Å². The molecule has 0 aliphatic rings. The summed E-state index contributed by atoms with van der Waals surface area (Å²) in [7, 11) is 1.80. The van der Waals surface area contributed by atoms with Crippen molar-refractivity contribution in [3.8, 4) is 0 Å². The van der Waals surface area contributed by atoms with Gasteiger partial charge in [-0.05, 0) is 0 Å². The number of amides is 1. The van der Waals surface area contributed by atoms with Gasteiger partial charge in [0.05, 0.1) is 19.0 Å². The van der Waals surface area contributed by atoms with Crippen molar-refractivity contribution < 1.29 is 14.7 Å². The second-order valence-corrected chi connectivity index (χ2v) is 3.38. The molecule has 1 heterocycles. The van der Waals surface area contributed by atoms with E-state index in [1.165, 1.54) is 0 Å². The Morgan fingerprint density at radius 3 is 2.88 bits per heavy atom. The van der Waals surface area contributed by atoms with E-state index in [4.69, 9.17) is 10.8 Å². The second kappa shape index (κ2) is 5.26. The third kappa shape index (κ3) is 3.35. The van der Waals surface area contributed by atoms with E-state index in [9.17, 15) is 9.59 Å². The van der Waals surface area contributed by atoms with Crippen molar-refractivity contribution in [1.29, 1.82) is 0 Å². The highest BCUT2D eigenvalue weighted by molar-refractivity contribution is 5.85. The van der Waals surface area contributed by atoms with Crippen molar-refractivity contribution in [2.24, 2.45) is 12.8 Å². The van der Waals surface area contributed by atoms with Crippen molar-refractivity contribution in [2.45, 2.75) is 19.0 Å². The first-order valence-corrected chi connectivity index (χ1v) is 4.72. The number of aromatic nitrogens is 2. The maximum absolute atomic E-state index is 11.3. The zero-order chi connectivity index (χ0) is 12.1. The Labute approximate surface area is 92.3 Å². The van der Waals surface area contributed by atoms with Crippen LogP contribution in [0.2, 0.25) is 0 Å². The number of nitrogens with two attached hydrogens (primary N) is 1. The van der Waals surface area contributed by atoms with Crippen LogP contribution in [0, 0.1) is 0 Å². The summed E-state index contributed by atoms with van der Waals surface area (Å²) in [6, 6.07) is -1.03. The van der Waals surface area contributed by atoms with Crippen LogP contribution in [-0.2, 0) is 23.2 Å². The van der Waals surface area contributed by atoms with Gasteiger partial charge in [-0.2, -0.15) is 0 Å². The number of carboxylic acid groups (broad SMARTS) is 1. The molecule has 1 aromatic rings. The summed E-state index contributed by atoms with van der Waals surface area (Å²) in [5.74, 6) is -0.916. The molecule has 0 saturated carbocycles. The average molecular weight is 226 g/mol. The fraction of sp³-hybridized carbons (Fsp3) is 0.444. The van der Waals surface area contributed by atoms with Gasteiger partial charge in [0.1, 0.15) is 5.82 Å². The lowest BCUT2D eigenvalue weighted by atomic mass is 10.2. The Kier molecular flexibility index (Phi) is 4.01. The zero-order valence-electron chi connectivity index (χ0n) is 8.88. The molecule has 1 atom stereocenters. The maximum Gasteiger partial charge on any atom is 0.305 e. The summed E-state index contributed by atoms with van der Waals surface area (Å²) >= 11 is 0. The van der Waals surface area contributed by atoms with Gasteiger partial charge in [0.15, 0.2) is 0 Å². The zero-order valence-corrected chi connectivity index (χ0v) is 8.88. The van der Waals surface area contributed by atoms with Gasteiger partial charge in [-0.25, -0.2) is 4.98 Å². The largest absolute Gasteiger partial charge is 0.481 e. The molecule has 4 N–H and O–H groups in total. The highest BCUT2D eigenvalue weighted by Gasteiger charge is 2.16. The molecule has 0 aliphatic heterocycles. The van der Waals surface area contributed by atoms with Crippen LogP contribution in [0.1, 0.15) is 12.2 Å². The van der Waals surface area contributed by atoms with Crippen LogP contribution in [-0.4, -0.2) is 32.6 Å². The SMILES string of the molecule is Cn1ccnc1CNC(=O)C(N)CC(=O)O. The summed E-state index contributed by atoms with van der Waals surface area (Å²) in [6.45, 7) is 0.232. The molecule has 88 valence electrons. The second-order valence-electron chi connectivity index (χ2n) is 3.38. The number of carbonyl (C=O) groups is 2. The fourth-order valence-corrected chi connectivity index (χ4v) is 1.14. The molecule has 7 nitrogen and oxygen atoms in total. The molecule has 1 aromatic heterocycles. The van der Waals surface area contributed by atoms with E-state index in [1.54, 1.807) is 24.0 Å². The summed E-state index contributed by atoms with van der Waals surface area (Å²) in [5.41, 5.74) is 5.38. The van der Waals surface area contributed by atoms with Crippen molar-refractivity contribution in [3.05, 3.63) is 18.2 Å². The Hall–Kier alpha value is -1.89. The molecule has 0 radical (unpaired) electrons. The number of imidazole rings is 1. The summed E-state index contributed by atoms with van der Waals surface area (Å²) in [4.78, 5) is 25.7. The van der Waals surface area contributed by atoms with Crippen LogP contribution in [0.3, 0.4) is 0 Å². The van der Waals surface area contributed by atoms with Crippen LogP contribution < -0.4 is 11.1 Å². The number of carbonyl (C=O) groups excluding carboxylic acids is 1. The first kappa shape index (κ1) is 12.2. The topological polar surface area (TPSA) is 110 Å². The number of nitrogens with zero attached hydrogens (tertiary/aromatic N) is 2. The number of carboxylic acids is 1. The molecule has 0 bridgehead atoms. The molecular weight excluding hydrogens is 212 g/mol. The van der Waals surface area contributed by atoms with E-state index < -0.39 is 17.9 Å². The molecule has 0 aromatic carbocycles. The Morgan fingerprint density at radius 1 is 1.69 bits per heavy atom. The first-order valence-electron chi connectivity index (χ1n) is 4.72. The number of hydrogen-bond acceptors (Lipinski definition) is 4. The highest BCUT2D eigenvalue weighted by Crippen LogP contribution is 1.94. The summed E-state index contributed by atoms with van der Waals surface area (Å²) < 4.78 is 1.75. The number of rotatable bonds is 5.